The Kier molecular flexibility index (Phi) is 4.85. The number of halogens is 3. The van der Waals surface area contributed by atoms with E-state index in [2.05, 4.69) is 0 Å². The summed E-state index contributed by atoms with van der Waals surface area (Å²) in [5.74, 6) is 0. The second-order valence-electron chi connectivity index (χ2n) is 4.72. The topological polar surface area (TPSA) is 83.6 Å². The van der Waals surface area contributed by atoms with Gasteiger partial charge in [-0.05, 0) is 31.0 Å². The maximum absolute atomic E-state index is 12.5. The van der Waals surface area contributed by atoms with Crippen LogP contribution < -0.4 is 4.72 Å². The van der Waals surface area contributed by atoms with Crippen molar-refractivity contribution in [2.24, 2.45) is 0 Å². The molecule has 0 bridgehead atoms. The maximum atomic E-state index is 12.5. The largest absolute Gasteiger partial charge is 0.516 e. The van der Waals surface area contributed by atoms with Crippen LogP contribution in [0.4, 0.5) is 18.9 Å². The minimum absolute atomic E-state index is 0.110. The second-order valence-corrected chi connectivity index (χ2v) is 8.51. The molecule has 0 spiro atoms. The van der Waals surface area contributed by atoms with Crippen molar-refractivity contribution in [2.45, 2.75) is 24.3 Å². The van der Waals surface area contributed by atoms with Crippen molar-refractivity contribution in [3.63, 3.8) is 0 Å². The summed E-state index contributed by atoms with van der Waals surface area (Å²) in [6, 6.07) is 2.45. The Morgan fingerprint density at radius 3 is 1.95 bits per heavy atom. The van der Waals surface area contributed by atoms with Crippen molar-refractivity contribution >= 4 is 25.7 Å². The van der Waals surface area contributed by atoms with Crippen molar-refractivity contribution in [2.75, 3.05) is 18.8 Å². The van der Waals surface area contributed by atoms with Crippen LogP contribution in [0.25, 0.3) is 0 Å². The fourth-order valence-corrected chi connectivity index (χ4v) is 3.47. The lowest BCUT2D eigenvalue weighted by atomic mass is 10.1. The van der Waals surface area contributed by atoms with Crippen molar-refractivity contribution in [3.05, 3.63) is 23.3 Å². The molecule has 0 saturated carbocycles. The Hall–Kier alpha value is -1.33. The van der Waals surface area contributed by atoms with Crippen molar-refractivity contribution in [3.8, 4) is 0 Å². The van der Waals surface area contributed by atoms with Gasteiger partial charge in [0.25, 0.3) is 0 Å². The van der Waals surface area contributed by atoms with Gasteiger partial charge >= 0.3 is 15.5 Å². The zero-order valence-corrected chi connectivity index (χ0v) is 13.8. The number of anilines is 1. The summed E-state index contributed by atoms with van der Waals surface area (Å²) in [6.07, 6.45) is 0. The molecule has 0 fully saturated rings. The van der Waals surface area contributed by atoms with Gasteiger partial charge in [0.2, 0.25) is 10.0 Å². The predicted molar refractivity (Wildman–Crippen MR) is 75.4 cm³/mol. The molecular formula is C11H15F3N2O4S2. The summed E-state index contributed by atoms with van der Waals surface area (Å²) >= 11 is 0. The minimum atomic E-state index is -5.64. The van der Waals surface area contributed by atoms with Gasteiger partial charge in [0.1, 0.15) is 0 Å². The monoisotopic (exact) mass is 360 g/mol. The summed E-state index contributed by atoms with van der Waals surface area (Å²) in [6.45, 7) is 2.60. The van der Waals surface area contributed by atoms with E-state index in [0.29, 0.717) is 0 Å². The fourth-order valence-electron chi connectivity index (χ4n) is 1.65. The SMILES string of the molecule is Cc1ccc(S(=O)(=O)N(C)C)c(C)c1NS(=O)(=O)C(F)(F)F. The molecule has 6 nitrogen and oxygen atoms in total. The Balaban J connectivity index is 3.54. The molecule has 11 heteroatoms. The van der Waals surface area contributed by atoms with Crippen molar-refractivity contribution in [1.82, 2.24) is 4.31 Å². The number of hydrogen-bond donors (Lipinski definition) is 1. The lowest BCUT2D eigenvalue weighted by molar-refractivity contribution is -0.0429. The molecule has 0 amide bonds. The van der Waals surface area contributed by atoms with Crippen LogP contribution in [0.5, 0.6) is 0 Å². The minimum Gasteiger partial charge on any atom is -0.275 e. The van der Waals surface area contributed by atoms with E-state index in [1.165, 1.54) is 44.8 Å². The van der Waals surface area contributed by atoms with Gasteiger partial charge in [-0.15, -0.1) is 0 Å². The molecule has 1 N–H and O–H groups in total. The molecule has 0 aliphatic rings. The standard InChI is InChI=1S/C11H15F3N2O4S2/c1-7-5-6-9(21(17,18)16(3)4)8(2)10(7)15-22(19,20)11(12,13)14/h5-6,15H,1-4H3. The lowest BCUT2D eigenvalue weighted by Crippen LogP contribution is -2.31. The average Bonchev–Trinajstić information content (AvgIpc) is 2.32. The number of hydrogen-bond acceptors (Lipinski definition) is 4. The van der Waals surface area contributed by atoms with E-state index in [4.69, 9.17) is 0 Å². The molecule has 0 aliphatic heterocycles. The highest BCUT2D eigenvalue weighted by Crippen LogP contribution is 2.32. The molecule has 1 aromatic carbocycles. The number of nitrogens with zero attached hydrogens (tertiary/aromatic N) is 1. The van der Waals surface area contributed by atoms with E-state index >= 15 is 0 Å². The zero-order chi connectivity index (χ0) is 17.5. The van der Waals surface area contributed by atoms with Gasteiger partial charge in [-0.1, -0.05) is 6.07 Å². The Morgan fingerprint density at radius 2 is 1.55 bits per heavy atom. The van der Waals surface area contributed by atoms with Crippen LogP contribution in [-0.2, 0) is 20.0 Å². The van der Waals surface area contributed by atoms with E-state index in [1.807, 2.05) is 0 Å². The number of alkyl halides is 3. The van der Waals surface area contributed by atoms with Crippen LogP contribution >= 0.6 is 0 Å². The molecular weight excluding hydrogens is 345 g/mol. The molecule has 0 aromatic heterocycles. The summed E-state index contributed by atoms with van der Waals surface area (Å²) in [7, 11) is -7.04. The van der Waals surface area contributed by atoms with Crippen LogP contribution in [0.2, 0.25) is 0 Å². The van der Waals surface area contributed by atoms with E-state index < -0.39 is 31.2 Å². The van der Waals surface area contributed by atoms with E-state index in [0.717, 1.165) is 4.31 Å². The third kappa shape index (κ3) is 3.36. The molecule has 0 atom stereocenters. The molecule has 1 rings (SSSR count). The maximum Gasteiger partial charge on any atom is 0.516 e. The average molecular weight is 360 g/mol. The first kappa shape index (κ1) is 18.7. The number of nitrogens with one attached hydrogen (secondary N) is 1. The molecule has 22 heavy (non-hydrogen) atoms. The van der Waals surface area contributed by atoms with E-state index in [-0.39, 0.29) is 16.0 Å². The first-order valence-electron chi connectivity index (χ1n) is 5.83. The van der Waals surface area contributed by atoms with Gasteiger partial charge in [0.05, 0.1) is 10.6 Å². The summed E-state index contributed by atoms with van der Waals surface area (Å²) in [4.78, 5) is -0.275. The number of benzene rings is 1. The molecule has 0 aliphatic carbocycles. The van der Waals surface area contributed by atoms with Gasteiger partial charge in [-0.2, -0.15) is 21.6 Å². The van der Waals surface area contributed by atoms with Crippen molar-refractivity contribution in [1.29, 1.82) is 0 Å². The van der Waals surface area contributed by atoms with E-state index in [9.17, 15) is 30.0 Å². The summed E-state index contributed by atoms with van der Waals surface area (Å²) < 4.78 is 86.4. The second kappa shape index (κ2) is 5.70. The highest BCUT2D eigenvalue weighted by atomic mass is 32.2. The zero-order valence-electron chi connectivity index (χ0n) is 12.2. The van der Waals surface area contributed by atoms with Crippen LogP contribution in [0, 0.1) is 13.8 Å². The van der Waals surface area contributed by atoms with E-state index in [1.54, 1.807) is 0 Å². The lowest BCUT2D eigenvalue weighted by Gasteiger charge is -2.19. The van der Waals surface area contributed by atoms with Gasteiger partial charge in [0, 0.05) is 14.1 Å². The molecule has 0 unspecified atom stereocenters. The molecule has 1 aromatic rings. The van der Waals surface area contributed by atoms with Gasteiger partial charge in [-0.3, -0.25) is 4.72 Å². The van der Waals surface area contributed by atoms with Gasteiger partial charge in [-0.25, -0.2) is 12.7 Å². The predicted octanol–water partition coefficient (Wildman–Crippen LogP) is 1.82. The summed E-state index contributed by atoms with van der Waals surface area (Å²) in [5, 5.41) is 0. The molecule has 126 valence electrons. The molecule has 0 saturated heterocycles. The van der Waals surface area contributed by atoms with Crippen LogP contribution in [0.3, 0.4) is 0 Å². The smallest absolute Gasteiger partial charge is 0.275 e. The Bertz CT molecular complexity index is 784. The number of sulfonamides is 2. The highest BCUT2D eigenvalue weighted by Gasteiger charge is 2.46. The van der Waals surface area contributed by atoms with Crippen LogP contribution in [0.15, 0.2) is 17.0 Å². The first-order valence-corrected chi connectivity index (χ1v) is 8.76. The quantitative estimate of drug-likeness (QED) is 0.888. The third-order valence-corrected chi connectivity index (χ3v) is 5.97. The number of rotatable bonds is 4. The molecule has 0 radical (unpaired) electrons. The Labute approximate surface area is 127 Å². The fraction of sp³-hybridized carbons (Fsp3) is 0.455. The van der Waals surface area contributed by atoms with Gasteiger partial charge in [0.15, 0.2) is 0 Å². The third-order valence-electron chi connectivity index (χ3n) is 2.92. The van der Waals surface area contributed by atoms with Crippen molar-refractivity contribution < 1.29 is 30.0 Å². The normalized spacial score (nSPS) is 13.5. The van der Waals surface area contributed by atoms with Crippen LogP contribution in [0.1, 0.15) is 11.1 Å². The number of aryl methyl sites for hydroxylation is 1. The first-order chi connectivity index (χ1) is 9.72. The molecule has 0 heterocycles. The summed E-state index contributed by atoms with van der Waals surface area (Å²) in [5.41, 5.74) is -5.84. The Morgan fingerprint density at radius 1 is 1.05 bits per heavy atom. The van der Waals surface area contributed by atoms with Gasteiger partial charge < -0.3 is 0 Å². The highest BCUT2D eigenvalue weighted by molar-refractivity contribution is 7.93. The van der Waals surface area contributed by atoms with Crippen LogP contribution in [-0.4, -0.2) is 40.7 Å².